The first-order valence-electron chi connectivity index (χ1n) is 8.54. The Bertz CT molecular complexity index is 318. The second kappa shape index (κ2) is 7.44. The Morgan fingerprint density at radius 3 is 2.65 bits per heavy atom. The summed E-state index contributed by atoms with van der Waals surface area (Å²) < 4.78 is 5.19. The Labute approximate surface area is 123 Å². The molecule has 2 aliphatic carbocycles. The first-order valence-corrected chi connectivity index (χ1v) is 8.54. The predicted octanol–water partition coefficient (Wildman–Crippen LogP) is 3.52. The molecule has 2 saturated carbocycles. The molecule has 0 aromatic rings. The number of carbonyl (C=O) groups is 1. The smallest absolute Gasteiger partial charge is 0.308 e. The van der Waals surface area contributed by atoms with Crippen molar-refractivity contribution in [1.82, 2.24) is 5.32 Å². The molecule has 0 aliphatic heterocycles. The summed E-state index contributed by atoms with van der Waals surface area (Å²) in [5, 5.41) is 3.86. The average Bonchev–Trinajstić information content (AvgIpc) is 2.44. The van der Waals surface area contributed by atoms with Gasteiger partial charge in [0, 0.05) is 12.1 Å². The van der Waals surface area contributed by atoms with Crippen LogP contribution in [0, 0.1) is 17.8 Å². The lowest BCUT2D eigenvalue weighted by molar-refractivity contribution is -0.149. The third-order valence-electron chi connectivity index (χ3n) is 5.45. The normalized spacial score (nSPS) is 38.5. The second-order valence-corrected chi connectivity index (χ2v) is 6.85. The Kier molecular flexibility index (Phi) is 5.88. The zero-order valence-electron chi connectivity index (χ0n) is 13.4. The molecule has 20 heavy (non-hydrogen) atoms. The SMILES string of the molecule is CCOC(=O)C1CCCC(NC2CCCC(C)C2C)C1. The fourth-order valence-electron chi connectivity index (χ4n) is 3.94. The number of hydrogen-bond acceptors (Lipinski definition) is 3. The van der Waals surface area contributed by atoms with E-state index in [4.69, 9.17) is 4.74 Å². The molecular formula is C17H31NO2. The summed E-state index contributed by atoms with van der Waals surface area (Å²) in [6, 6.07) is 1.15. The zero-order chi connectivity index (χ0) is 14.5. The molecule has 0 bridgehead atoms. The first-order chi connectivity index (χ1) is 9.61. The van der Waals surface area contributed by atoms with Crippen molar-refractivity contribution in [3.05, 3.63) is 0 Å². The molecule has 0 aromatic carbocycles. The summed E-state index contributed by atoms with van der Waals surface area (Å²) in [5.74, 6) is 1.72. The Morgan fingerprint density at radius 1 is 1.15 bits per heavy atom. The number of hydrogen-bond donors (Lipinski definition) is 1. The minimum absolute atomic E-state index is 0.0176. The maximum atomic E-state index is 11.9. The van der Waals surface area contributed by atoms with Gasteiger partial charge in [0.05, 0.1) is 12.5 Å². The third-order valence-corrected chi connectivity index (χ3v) is 5.45. The summed E-state index contributed by atoms with van der Waals surface area (Å²) in [6.07, 6.45) is 8.36. The maximum absolute atomic E-state index is 11.9. The molecule has 0 amide bonds. The van der Waals surface area contributed by atoms with Crippen molar-refractivity contribution >= 4 is 5.97 Å². The van der Waals surface area contributed by atoms with Gasteiger partial charge in [0.1, 0.15) is 0 Å². The van der Waals surface area contributed by atoms with Crippen LogP contribution in [-0.4, -0.2) is 24.7 Å². The van der Waals surface area contributed by atoms with E-state index in [0.29, 0.717) is 18.7 Å². The Balaban J connectivity index is 1.84. The minimum Gasteiger partial charge on any atom is -0.466 e. The lowest BCUT2D eigenvalue weighted by atomic mass is 9.77. The van der Waals surface area contributed by atoms with Gasteiger partial charge in [0.2, 0.25) is 0 Å². The lowest BCUT2D eigenvalue weighted by Gasteiger charge is -2.39. The largest absolute Gasteiger partial charge is 0.466 e. The number of rotatable bonds is 4. The van der Waals surface area contributed by atoms with Crippen molar-refractivity contribution < 1.29 is 9.53 Å². The number of ether oxygens (including phenoxy) is 1. The molecule has 1 N–H and O–H groups in total. The molecule has 5 atom stereocenters. The first kappa shape index (κ1) is 15.8. The molecule has 0 aromatic heterocycles. The molecule has 0 radical (unpaired) electrons. The molecule has 0 saturated heterocycles. The van der Waals surface area contributed by atoms with E-state index in [1.165, 1.54) is 25.7 Å². The van der Waals surface area contributed by atoms with E-state index in [2.05, 4.69) is 19.2 Å². The van der Waals surface area contributed by atoms with Crippen LogP contribution >= 0.6 is 0 Å². The summed E-state index contributed by atoms with van der Waals surface area (Å²) in [6.45, 7) is 7.15. The highest BCUT2D eigenvalue weighted by atomic mass is 16.5. The highest BCUT2D eigenvalue weighted by Crippen LogP contribution is 2.32. The van der Waals surface area contributed by atoms with E-state index in [-0.39, 0.29) is 11.9 Å². The second-order valence-electron chi connectivity index (χ2n) is 6.85. The van der Waals surface area contributed by atoms with Gasteiger partial charge in [0.25, 0.3) is 0 Å². The summed E-state index contributed by atoms with van der Waals surface area (Å²) in [7, 11) is 0. The van der Waals surface area contributed by atoms with Gasteiger partial charge in [-0.2, -0.15) is 0 Å². The number of nitrogens with one attached hydrogen (secondary N) is 1. The van der Waals surface area contributed by atoms with Crippen LogP contribution in [0.15, 0.2) is 0 Å². The van der Waals surface area contributed by atoms with Gasteiger partial charge in [0.15, 0.2) is 0 Å². The molecular weight excluding hydrogens is 250 g/mol. The molecule has 3 heteroatoms. The molecule has 2 aliphatic rings. The number of esters is 1. The molecule has 2 fully saturated rings. The van der Waals surface area contributed by atoms with Gasteiger partial charge in [-0.15, -0.1) is 0 Å². The quantitative estimate of drug-likeness (QED) is 0.801. The summed E-state index contributed by atoms with van der Waals surface area (Å²) in [5.41, 5.74) is 0. The monoisotopic (exact) mass is 281 g/mol. The topological polar surface area (TPSA) is 38.3 Å². The van der Waals surface area contributed by atoms with Gasteiger partial charge in [-0.25, -0.2) is 0 Å². The van der Waals surface area contributed by atoms with E-state index in [0.717, 1.165) is 31.1 Å². The van der Waals surface area contributed by atoms with Gasteiger partial charge in [-0.1, -0.05) is 33.1 Å². The Hall–Kier alpha value is -0.570. The molecule has 116 valence electrons. The van der Waals surface area contributed by atoms with Crippen molar-refractivity contribution in [2.24, 2.45) is 17.8 Å². The van der Waals surface area contributed by atoms with Crippen molar-refractivity contribution in [2.75, 3.05) is 6.61 Å². The van der Waals surface area contributed by atoms with Crippen LogP contribution in [0.25, 0.3) is 0 Å². The van der Waals surface area contributed by atoms with Crippen LogP contribution in [0.3, 0.4) is 0 Å². The molecule has 3 nitrogen and oxygen atoms in total. The van der Waals surface area contributed by atoms with E-state index in [1.807, 2.05) is 6.92 Å². The van der Waals surface area contributed by atoms with Gasteiger partial charge in [-0.3, -0.25) is 4.79 Å². The number of carbonyl (C=O) groups excluding carboxylic acids is 1. The van der Waals surface area contributed by atoms with E-state index in [1.54, 1.807) is 0 Å². The highest BCUT2D eigenvalue weighted by Gasteiger charge is 2.32. The van der Waals surface area contributed by atoms with Crippen LogP contribution in [0.1, 0.15) is 65.7 Å². The highest BCUT2D eigenvalue weighted by molar-refractivity contribution is 5.72. The van der Waals surface area contributed by atoms with Crippen LogP contribution in [0.5, 0.6) is 0 Å². The molecule has 5 unspecified atom stereocenters. The fraction of sp³-hybridized carbons (Fsp3) is 0.941. The average molecular weight is 281 g/mol. The molecule has 0 spiro atoms. The summed E-state index contributed by atoms with van der Waals surface area (Å²) >= 11 is 0. The van der Waals surface area contributed by atoms with Crippen molar-refractivity contribution in [2.45, 2.75) is 77.8 Å². The minimum atomic E-state index is 0.0176. The fourth-order valence-corrected chi connectivity index (χ4v) is 3.94. The van der Waals surface area contributed by atoms with Crippen molar-refractivity contribution in [3.63, 3.8) is 0 Å². The molecule has 0 heterocycles. The van der Waals surface area contributed by atoms with E-state index < -0.39 is 0 Å². The molecule has 2 rings (SSSR count). The van der Waals surface area contributed by atoms with Crippen molar-refractivity contribution in [1.29, 1.82) is 0 Å². The summed E-state index contributed by atoms with van der Waals surface area (Å²) in [4.78, 5) is 11.9. The van der Waals surface area contributed by atoms with Crippen molar-refractivity contribution in [3.8, 4) is 0 Å². The predicted molar refractivity (Wildman–Crippen MR) is 81.5 cm³/mol. The zero-order valence-corrected chi connectivity index (χ0v) is 13.4. The Morgan fingerprint density at radius 2 is 1.90 bits per heavy atom. The van der Waals surface area contributed by atoms with E-state index in [9.17, 15) is 4.79 Å². The van der Waals surface area contributed by atoms with E-state index >= 15 is 0 Å². The van der Waals surface area contributed by atoms with Crippen LogP contribution in [0.4, 0.5) is 0 Å². The van der Waals surface area contributed by atoms with Crippen LogP contribution in [0.2, 0.25) is 0 Å². The van der Waals surface area contributed by atoms with Gasteiger partial charge < -0.3 is 10.1 Å². The standard InChI is InChI=1S/C17H31NO2/c1-4-20-17(19)14-8-6-9-15(11-14)18-16-10-5-7-12(2)13(16)3/h12-16,18H,4-11H2,1-3H3. The van der Waals surface area contributed by atoms with Crippen LogP contribution in [-0.2, 0) is 9.53 Å². The third kappa shape index (κ3) is 3.97. The maximum Gasteiger partial charge on any atom is 0.308 e. The lowest BCUT2D eigenvalue weighted by Crippen LogP contribution is -2.48. The van der Waals surface area contributed by atoms with Gasteiger partial charge in [-0.05, 0) is 44.4 Å². The van der Waals surface area contributed by atoms with Gasteiger partial charge >= 0.3 is 5.97 Å². The van der Waals surface area contributed by atoms with Crippen LogP contribution < -0.4 is 5.32 Å².